The fraction of sp³-hybridized carbons (Fsp3) is 0.562. The summed E-state index contributed by atoms with van der Waals surface area (Å²) in [6.45, 7) is 0.742. The number of carbonyl (C=O) groups excluding carboxylic acids is 1. The topological polar surface area (TPSA) is 66.5 Å². The van der Waals surface area contributed by atoms with Crippen LogP contribution in [0.25, 0.3) is 0 Å². The van der Waals surface area contributed by atoms with Gasteiger partial charge in [0.05, 0.1) is 6.26 Å². The first-order chi connectivity index (χ1) is 10.5. The van der Waals surface area contributed by atoms with Gasteiger partial charge in [0, 0.05) is 25.6 Å². The Labute approximate surface area is 132 Å². The van der Waals surface area contributed by atoms with E-state index in [9.17, 15) is 13.2 Å². The number of rotatable bonds is 7. The van der Waals surface area contributed by atoms with Crippen LogP contribution in [-0.4, -0.2) is 37.5 Å². The van der Waals surface area contributed by atoms with Crippen molar-refractivity contribution in [1.29, 1.82) is 0 Å². The van der Waals surface area contributed by atoms with Crippen LogP contribution in [0.2, 0.25) is 0 Å². The molecule has 1 aromatic carbocycles. The average Bonchev–Trinajstić information content (AvgIpc) is 2.99. The summed E-state index contributed by atoms with van der Waals surface area (Å²) in [5.41, 5.74) is 1.03. The van der Waals surface area contributed by atoms with Gasteiger partial charge in [0.2, 0.25) is 15.9 Å². The highest BCUT2D eigenvalue weighted by molar-refractivity contribution is 7.88. The van der Waals surface area contributed by atoms with Crippen molar-refractivity contribution in [3.63, 3.8) is 0 Å². The smallest absolute Gasteiger partial charge is 0.221 e. The van der Waals surface area contributed by atoms with Gasteiger partial charge in [-0.3, -0.25) is 4.79 Å². The van der Waals surface area contributed by atoms with Crippen LogP contribution in [0.1, 0.15) is 37.7 Å². The molecule has 0 atom stereocenters. The van der Waals surface area contributed by atoms with Crippen molar-refractivity contribution in [2.24, 2.45) is 0 Å². The molecule has 1 saturated carbocycles. The Morgan fingerprint density at radius 3 is 2.45 bits per heavy atom. The molecular weight excluding hydrogens is 300 g/mol. The molecule has 0 saturated heterocycles. The van der Waals surface area contributed by atoms with E-state index in [0.717, 1.165) is 31.2 Å². The number of benzene rings is 1. The van der Waals surface area contributed by atoms with Crippen LogP contribution in [0.4, 0.5) is 0 Å². The van der Waals surface area contributed by atoms with Gasteiger partial charge in [-0.2, -0.15) is 4.31 Å². The summed E-state index contributed by atoms with van der Waals surface area (Å²) in [6, 6.07) is 9.73. The second-order valence-electron chi connectivity index (χ2n) is 5.82. The van der Waals surface area contributed by atoms with E-state index in [1.54, 1.807) is 0 Å². The summed E-state index contributed by atoms with van der Waals surface area (Å²) >= 11 is 0. The third kappa shape index (κ3) is 5.10. The molecule has 5 nitrogen and oxygen atoms in total. The third-order valence-electron chi connectivity index (χ3n) is 4.05. The van der Waals surface area contributed by atoms with Gasteiger partial charge in [-0.15, -0.1) is 0 Å². The van der Waals surface area contributed by atoms with E-state index in [1.165, 1.54) is 10.6 Å². The highest BCUT2D eigenvalue weighted by atomic mass is 32.2. The summed E-state index contributed by atoms with van der Waals surface area (Å²) < 4.78 is 25.3. The number of nitrogens with zero attached hydrogens (tertiary/aromatic N) is 1. The summed E-state index contributed by atoms with van der Waals surface area (Å²) in [4.78, 5) is 11.9. The van der Waals surface area contributed by atoms with E-state index in [4.69, 9.17) is 0 Å². The van der Waals surface area contributed by atoms with E-state index in [-0.39, 0.29) is 24.9 Å². The first-order valence-corrected chi connectivity index (χ1v) is 9.59. The zero-order valence-electron chi connectivity index (χ0n) is 13.0. The number of hydrogen-bond acceptors (Lipinski definition) is 3. The highest BCUT2D eigenvalue weighted by Crippen LogP contribution is 2.25. The van der Waals surface area contributed by atoms with Crippen molar-refractivity contribution >= 4 is 15.9 Å². The molecular formula is C16H24N2O3S. The third-order valence-corrected chi connectivity index (χ3v) is 5.38. The van der Waals surface area contributed by atoms with Crippen molar-refractivity contribution in [3.8, 4) is 0 Å². The second kappa shape index (κ2) is 7.74. The lowest BCUT2D eigenvalue weighted by Crippen LogP contribution is -2.40. The molecule has 0 aliphatic heterocycles. The maximum absolute atomic E-state index is 11.9. The van der Waals surface area contributed by atoms with Crippen molar-refractivity contribution in [2.75, 3.05) is 12.8 Å². The molecule has 122 valence electrons. The molecule has 0 spiro atoms. The molecule has 0 aromatic heterocycles. The normalized spacial score (nSPS) is 16.1. The van der Waals surface area contributed by atoms with Gasteiger partial charge in [-0.25, -0.2) is 8.42 Å². The molecule has 1 N–H and O–H groups in total. The van der Waals surface area contributed by atoms with Crippen LogP contribution < -0.4 is 5.32 Å². The predicted octanol–water partition coefficient (Wildman–Crippen LogP) is 1.90. The molecule has 1 fully saturated rings. The Hall–Kier alpha value is -1.40. The molecule has 1 aliphatic carbocycles. The van der Waals surface area contributed by atoms with E-state index in [2.05, 4.69) is 5.32 Å². The van der Waals surface area contributed by atoms with Crippen LogP contribution in [-0.2, 0) is 21.4 Å². The van der Waals surface area contributed by atoms with E-state index in [0.29, 0.717) is 6.54 Å². The molecule has 2 rings (SSSR count). The molecule has 1 aromatic rings. The standard InChI is InChI=1S/C16H24N2O3S/c1-22(20,21)18(15-9-5-6-10-15)12-11-16(19)17-13-14-7-3-2-4-8-14/h2-4,7-8,15H,5-6,9-13H2,1H3,(H,17,19). The zero-order valence-corrected chi connectivity index (χ0v) is 13.8. The largest absolute Gasteiger partial charge is 0.352 e. The van der Waals surface area contributed by atoms with Crippen molar-refractivity contribution < 1.29 is 13.2 Å². The van der Waals surface area contributed by atoms with Crippen molar-refractivity contribution in [2.45, 2.75) is 44.7 Å². The Balaban J connectivity index is 1.82. The lowest BCUT2D eigenvalue weighted by molar-refractivity contribution is -0.121. The molecule has 1 aliphatic rings. The molecule has 6 heteroatoms. The maximum Gasteiger partial charge on any atom is 0.221 e. The summed E-state index contributed by atoms with van der Waals surface area (Å²) in [5, 5.41) is 2.84. The SMILES string of the molecule is CS(=O)(=O)N(CCC(=O)NCc1ccccc1)C1CCCC1. The number of hydrogen-bond donors (Lipinski definition) is 1. The minimum Gasteiger partial charge on any atom is -0.352 e. The van der Waals surface area contributed by atoms with Crippen molar-refractivity contribution in [1.82, 2.24) is 9.62 Å². The number of sulfonamides is 1. The highest BCUT2D eigenvalue weighted by Gasteiger charge is 2.29. The van der Waals surface area contributed by atoms with Crippen molar-refractivity contribution in [3.05, 3.63) is 35.9 Å². The van der Waals surface area contributed by atoms with Gasteiger partial charge in [0.1, 0.15) is 0 Å². The molecule has 0 bridgehead atoms. The van der Waals surface area contributed by atoms with E-state index in [1.807, 2.05) is 30.3 Å². The molecule has 0 heterocycles. The van der Waals surface area contributed by atoms with E-state index < -0.39 is 10.0 Å². The molecule has 1 amide bonds. The monoisotopic (exact) mass is 324 g/mol. The van der Waals surface area contributed by atoms with Crippen LogP contribution in [0.5, 0.6) is 0 Å². The lowest BCUT2D eigenvalue weighted by Gasteiger charge is -2.26. The number of carbonyl (C=O) groups is 1. The quantitative estimate of drug-likeness (QED) is 0.833. The van der Waals surface area contributed by atoms with Crippen LogP contribution in [0.3, 0.4) is 0 Å². The van der Waals surface area contributed by atoms with Gasteiger partial charge in [-0.1, -0.05) is 43.2 Å². The zero-order chi connectivity index (χ0) is 16.0. The van der Waals surface area contributed by atoms with Gasteiger partial charge in [0.25, 0.3) is 0 Å². The molecule has 22 heavy (non-hydrogen) atoms. The van der Waals surface area contributed by atoms with Gasteiger partial charge in [-0.05, 0) is 18.4 Å². The Kier molecular flexibility index (Phi) is 5.97. The molecule has 0 radical (unpaired) electrons. The number of amides is 1. The minimum atomic E-state index is -3.26. The second-order valence-corrected chi connectivity index (χ2v) is 7.76. The minimum absolute atomic E-state index is 0.0666. The van der Waals surface area contributed by atoms with Gasteiger partial charge in [0.15, 0.2) is 0 Å². The van der Waals surface area contributed by atoms with Gasteiger partial charge < -0.3 is 5.32 Å². The maximum atomic E-state index is 11.9. The Bertz CT molecular complexity index is 581. The molecule has 0 unspecified atom stereocenters. The fourth-order valence-electron chi connectivity index (χ4n) is 2.91. The van der Waals surface area contributed by atoms with Crippen LogP contribution in [0, 0.1) is 0 Å². The summed E-state index contributed by atoms with van der Waals surface area (Å²) in [6.07, 6.45) is 5.37. The first-order valence-electron chi connectivity index (χ1n) is 7.74. The summed E-state index contributed by atoms with van der Waals surface area (Å²) in [7, 11) is -3.26. The summed E-state index contributed by atoms with van der Waals surface area (Å²) in [5.74, 6) is -0.115. The predicted molar refractivity (Wildman–Crippen MR) is 86.7 cm³/mol. The lowest BCUT2D eigenvalue weighted by atomic mass is 10.2. The fourth-order valence-corrected chi connectivity index (χ4v) is 4.08. The first kappa shape index (κ1) is 17.0. The van der Waals surface area contributed by atoms with Crippen LogP contribution in [0.15, 0.2) is 30.3 Å². The van der Waals surface area contributed by atoms with Crippen LogP contribution >= 0.6 is 0 Å². The average molecular weight is 324 g/mol. The van der Waals surface area contributed by atoms with E-state index >= 15 is 0 Å². The Morgan fingerprint density at radius 2 is 1.86 bits per heavy atom. The number of nitrogens with one attached hydrogen (secondary N) is 1. The Morgan fingerprint density at radius 1 is 1.23 bits per heavy atom. The van der Waals surface area contributed by atoms with Gasteiger partial charge >= 0.3 is 0 Å².